The second-order valence-corrected chi connectivity index (χ2v) is 5.36. The third-order valence-corrected chi connectivity index (χ3v) is 3.75. The molecule has 2 aromatic rings. The molecule has 0 bridgehead atoms. The smallest absolute Gasteiger partial charge is 0.149 e. The van der Waals surface area contributed by atoms with E-state index in [1.54, 1.807) is 0 Å². The van der Waals surface area contributed by atoms with Crippen LogP contribution < -0.4 is 5.32 Å². The van der Waals surface area contributed by atoms with Crippen LogP contribution in [-0.2, 0) is 13.0 Å². The third kappa shape index (κ3) is 3.66. The fourth-order valence-corrected chi connectivity index (χ4v) is 2.62. The van der Waals surface area contributed by atoms with E-state index in [-0.39, 0.29) is 5.15 Å². The number of halogens is 2. The molecule has 0 amide bonds. The first-order valence-electron chi connectivity index (χ1n) is 6.60. The summed E-state index contributed by atoms with van der Waals surface area (Å²) in [7, 11) is 0. The van der Waals surface area contributed by atoms with Crippen LogP contribution in [0.15, 0.2) is 30.3 Å². The standard InChI is InChI=1S/C16H15Cl2N3/c1-11-13(7-8-17)16(21-15(18)14(11)9-19)20-10-12-5-3-2-4-6-12/h2-6H,7-8,10H2,1H3,(H,20,21). The van der Waals surface area contributed by atoms with E-state index in [0.29, 0.717) is 30.2 Å². The Morgan fingerprint density at radius 1 is 1.29 bits per heavy atom. The van der Waals surface area contributed by atoms with Gasteiger partial charge in [0.2, 0.25) is 0 Å². The van der Waals surface area contributed by atoms with E-state index in [4.69, 9.17) is 28.5 Å². The second kappa shape index (κ2) is 7.31. The van der Waals surface area contributed by atoms with Gasteiger partial charge in [0.05, 0.1) is 5.56 Å². The fourth-order valence-electron chi connectivity index (χ4n) is 2.16. The fraction of sp³-hybridized carbons (Fsp3) is 0.250. The largest absolute Gasteiger partial charge is 0.366 e. The van der Waals surface area contributed by atoms with Crippen molar-refractivity contribution in [1.29, 1.82) is 5.26 Å². The third-order valence-electron chi connectivity index (χ3n) is 3.29. The summed E-state index contributed by atoms with van der Waals surface area (Å²) >= 11 is 11.9. The summed E-state index contributed by atoms with van der Waals surface area (Å²) < 4.78 is 0. The highest BCUT2D eigenvalue weighted by atomic mass is 35.5. The normalized spacial score (nSPS) is 10.2. The zero-order valence-electron chi connectivity index (χ0n) is 11.7. The van der Waals surface area contributed by atoms with Crippen LogP contribution in [0.25, 0.3) is 0 Å². The average Bonchev–Trinajstić information content (AvgIpc) is 2.50. The van der Waals surface area contributed by atoms with Crippen molar-refractivity contribution in [3.05, 3.63) is 57.7 Å². The molecule has 21 heavy (non-hydrogen) atoms. The van der Waals surface area contributed by atoms with E-state index in [0.717, 1.165) is 16.7 Å². The zero-order valence-corrected chi connectivity index (χ0v) is 13.2. The molecule has 0 saturated carbocycles. The molecule has 3 nitrogen and oxygen atoms in total. The van der Waals surface area contributed by atoms with E-state index in [2.05, 4.69) is 16.4 Å². The van der Waals surface area contributed by atoms with Crippen molar-refractivity contribution in [2.75, 3.05) is 11.2 Å². The Kier molecular flexibility index (Phi) is 5.44. The lowest BCUT2D eigenvalue weighted by Crippen LogP contribution is -2.08. The highest BCUT2D eigenvalue weighted by Crippen LogP contribution is 2.27. The molecule has 5 heteroatoms. The van der Waals surface area contributed by atoms with E-state index in [9.17, 15) is 0 Å². The zero-order chi connectivity index (χ0) is 15.2. The molecule has 0 aliphatic carbocycles. The predicted molar refractivity (Wildman–Crippen MR) is 86.9 cm³/mol. The van der Waals surface area contributed by atoms with Crippen LogP contribution in [0.3, 0.4) is 0 Å². The summed E-state index contributed by atoms with van der Waals surface area (Å²) in [6.45, 7) is 2.52. The van der Waals surface area contributed by atoms with Gasteiger partial charge >= 0.3 is 0 Å². The molecule has 0 aliphatic heterocycles. The van der Waals surface area contributed by atoms with Gasteiger partial charge in [-0.15, -0.1) is 11.6 Å². The molecular weight excluding hydrogens is 305 g/mol. The number of pyridine rings is 1. The maximum absolute atomic E-state index is 9.16. The van der Waals surface area contributed by atoms with Crippen LogP contribution >= 0.6 is 23.2 Å². The summed E-state index contributed by atoms with van der Waals surface area (Å²) in [5.41, 5.74) is 3.35. The molecule has 2 rings (SSSR count). The van der Waals surface area contributed by atoms with Gasteiger partial charge in [0.15, 0.2) is 0 Å². The second-order valence-electron chi connectivity index (χ2n) is 4.62. The van der Waals surface area contributed by atoms with Gasteiger partial charge in [0.1, 0.15) is 17.0 Å². The molecule has 0 radical (unpaired) electrons. The molecule has 1 aromatic carbocycles. The number of nitrogens with zero attached hydrogens (tertiary/aromatic N) is 2. The molecule has 0 fully saturated rings. The lowest BCUT2D eigenvalue weighted by Gasteiger charge is -2.15. The van der Waals surface area contributed by atoms with Gasteiger partial charge in [-0.25, -0.2) is 4.98 Å². The number of alkyl halides is 1. The highest BCUT2D eigenvalue weighted by molar-refractivity contribution is 6.30. The first kappa shape index (κ1) is 15.6. The molecule has 1 heterocycles. The van der Waals surface area contributed by atoms with E-state index < -0.39 is 0 Å². The maximum Gasteiger partial charge on any atom is 0.149 e. The molecule has 1 N–H and O–H groups in total. The summed E-state index contributed by atoms with van der Waals surface area (Å²) in [5.74, 6) is 1.16. The number of nitriles is 1. The number of anilines is 1. The number of aromatic nitrogens is 1. The van der Waals surface area contributed by atoms with Gasteiger partial charge in [0, 0.05) is 18.0 Å². The molecular formula is C16H15Cl2N3. The van der Waals surface area contributed by atoms with Gasteiger partial charge in [0.25, 0.3) is 0 Å². The molecule has 1 aromatic heterocycles. The minimum Gasteiger partial charge on any atom is -0.366 e. The van der Waals surface area contributed by atoms with Crippen LogP contribution in [0.2, 0.25) is 5.15 Å². The van der Waals surface area contributed by atoms with Crippen molar-refractivity contribution in [2.45, 2.75) is 19.9 Å². The number of benzene rings is 1. The van der Waals surface area contributed by atoms with Crippen molar-refractivity contribution >= 4 is 29.0 Å². The van der Waals surface area contributed by atoms with E-state index in [1.807, 2.05) is 37.3 Å². The SMILES string of the molecule is Cc1c(C#N)c(Cl)nc(NCc2ccccc2)c1CCCl. The van der Waals surface area contributed by atoms with Crippen LogP contribution in [-0.4, -0.2) is 10.9 Å². The van der Waals surface area contributed by atoms with Gasteiger partial charge in [-0.3, -0.25) is 0 Å². The Bertz CT molecular complexity index is 663. The summed E-state index contributed by atoms with van der Waals surface area (Å²) in [6, 6.07) is 12.1. The lowest BCUT2D eigenvalue weighted by molar-refractivity contribution is 1.03. The van der Waals surface area contributed by atoms with Crippen molar-refractivity contribution in [2.24, 2.45) is 0 Å². The Hall–Kier alpha value is -1.76. The number of nitrogens with one attached hydrogen (secondary N) is 1. The van der Waals surface area contributed by atoms with Crippen LogP contribution in [0.4, 0.5) is 5.82 Å². The van der Waals surface area contributed by atoms with Gasteiger partial charge in [-0.1, -0.05) is 41.9 Å². The summed E-state index contributed by atoms with van der Waals surface area (Å²) in [5, 5.41) is 12.7. The number of rotatable bonds is 5. The Morgan fingerprint density at radius 3 is 2.62 bits per heavy atom. The van der Waals surface area contributed by atoms with Crippen molar-refractivity contribution in [1.82, 2.24) is 4.98 Å². The molecule has 0 spiro atoms. The monoisotopic (exact) mass is 319 g/mol. The Labute approximate surface area is 134 Å². The molecule has 0 saturated heterocycles. The Balaban J connectivity index is 2.32. The molecule has 0 unspecified atom stereocenters. The molecule has 108 valence electrons. The number of hydrogen-bond acceptors (Lipinski definition) is 3. The van der Waals surface area contributed by atoms with Crippen molar-refractivity contribution in [3.63, 3.8) is 0 Å². The molecule has 0 atom stereocenters. The highest BCUT2D eigenvalue weighted by Gasteiger charge is 2.15. The minimum atomic E-state index is 0.226. The van der Waals surface area contributed by atoms with E-state index in [1.165, 1.54) is 0 Å². The lowest BCUT2D eigenvalue weighted by atomic mass is 10.0. The minimum absolute atomic E-state index is 0.226. The molecule has 0 aliphatic rings. The average molecular weight is 320 g/mol. The summed E-state index contributed by atoms with van der Waals surface area (Å²) in [4.78, 5) is 4.31. The predicted octanol–water partition coefficient (Wildman–Crippen LogP) is 4.31. The van der Waals surface area contributed by atoms with Crippen LogP contribution in [0, 0.1) is 18.3 Å². The van der Waals surface area contributed by atoms with Gasteiger partial charge in [-0.2, -0.15) is 5.26 Å². The maximum atomic E-state index is 9.16. The quantitative estimate of drug-likeness (QED) is 0.660. The van der Waals surface area contributed by atoms with Gasteiger partial charge < -0.3 is 5.32 Å². The van der Waals surface area contributed by atoms with E-state index >= 15 is 0 Å². The van der Waals surface area contributed by atoms with Gasteiger partial charge in [-0.05, 0) is 24.5 Å². The first-order valence-corrected chi connectivity index (χ1v) is 7.51. The Morgan fingerprint density at radius 2 is 2.00 bits per heavy atom. The first-order chi connectivity index (χ1) is 10.2. The summed E-state index contributed by atoms with van der Waals surface area (Å²) in [6.07, 6.45) is 0.642. The van der Waals surface area contributed by atoms with Crippen molar-refractivity contribution in [3.8, 4) is 6.07 Å². The topological polar surface area (TPSA) is 48.7 Å². The van der Waals surface area contributed by atoms with Crippen molar-refractivity contribution < 1.29 is 0 Å². The van der Waals surface area contributed by atoms with Crippen LogP contribution in [0.1, 0.15) is 22.3 Å². The number of hydrogen-bond donors (Lipinski definition) is 1. The van der Waals surface area contributed by atoms with Crippen LogP contribution in [0.5, 0.6) is 0 Å².